The molecule has 0 amide bonds. The average molecular weight is 617 g/mol. The highest BCUT2D eigenvalue weighted by Gasteiger charge is 2.62. The minimum Gasteiger partial charge on any atom is -0.497 e. The van der Waals surface area contributed by atoms with E-state index in [1.54, 1.807) is 7.11 Å². The van der Waals surface area contributed by atoms with E-state index in [-0.39, 0.29) is 28.4 Å². The molecule has 1 aromatic carbocycles. The molecular weight excluding hydrogens is 560 g/mol. The van der Waals surface area contributed by atoms with Gasteiger partial charge in [-0.05, 0) is 88.2 Å². The Labute approximate surface area is 261 Å². The van der Waals surface area contributed by atoms with Crippen molar-refractivity contribution in [3.63, 3.8) is 0 Å². The SMILES string of the molecule is COc1ccc(COC/C(C)=C/[C@H](C)C[C@@]2(C)CC[C@H]([C@@]34CC[C@@](C)(C[C@H]([C@H](C=O)O[Si](C)(C)C(C)(C)C)O3)O4)O2)cc1. The van der Waals surface area contributed by atoms with Crippen molar-refractivity contribution in [3.8, 4) is 5.75 Å². The van der Waals surface area contributed by atoms with Gasteiger partial charge in [-0.15, -0.1) is 0 Å². The van der Waals surface area contributed by atoms with E-state index in [0.29, 0.717) is 25.6 Å². The molecule has 242 valence electrons. The number of fused-ring (bicyclic) bond motifs is 2. The molecule has 7 atom stereocenters. The van der Waals surface area contributed by atoms with Gasteiger partial charge < -0.3 is 32.9 Å². The molecule has 2 bridgehead atoms. The second kappa shape index (κ2) is 13.0. The van der Waals surface area contributed by atoms with Crippen LogP contribution >= 0.6 is 0 Å². The first-order valence-electron chi connectivity index (χ1n) is 16.1. The lowest BCUT2D eigenvalue weighted by molar-refractivity contribution is -0.354. The van der Waals surface area contributed by atoms with Crippen LogP contribution < -0.4 is 4.74 Å². The summed E-state index contributed by atoms with van der Waals surface area (Å²) in [6.07, 6.45) is 7.16. The number of methoxy groups -OCH3 is 1. The van der Waals surface area contributed by atoms with Crippen LogP contribution in [-0.4, -0.2) is 63.6 Å². The number of aldehydes is 1. The number of ether oxygens (including phenoxy) is 5. The van der Waals surface area contributed by atoms with Gasteiger partial charge in [-0.2, -0.15) is 0 Å². The van der Waals surface area contributed by atoms with Gasteiger partial charge in [0.05, 0.1) is 37.6 Å². The first-order chi connectivity index (χ1) is 20.0. The minimum atomic E-state index is -2.16. The van der Waals surface area contributed by atoms with Crippen molar-refractivity contribution in [2.45, 2.75) is 147 Å². The van der Waals surface area contributed by atoms with Crippen molar-refractivity contribution in [3.05, 3.63) is 41.5 Å². The standard InChI is InChI=1S/C35H56O7Si/c1-25(19-26(2)23-38-24-27-11-13-28(37-8)14-12-27)20-33(6)16-15-31(40-33)35-18-17-34(7,42-35)21-29(39-35)30(22-36)41-43(9,10)32(3,4)5/h11-14,19,22,25,29-31H,15-18,20-21,23-24H2,1-10H3/b26-19+/t25-,29+,30-,31+,33+,34-,35-/m0/s1. The van der Waals surface area contributed by atoms with Crippen molar-refractivity contribution >= 4 is 14.6 Å². The van der Waals surface area contributed by atoms with E-state index in [4.69, 9.17) is 28.1 Å². The highest BCUT2D eigenvalue weighted by molar-refractivity contribution is 6.74. The molecule has 0 saturated carbocycles. The Morgan fingerprint density at radius 3 is 2.44 bits per heavy atom. The predicted molar refractivity (Wildman–Crippen MR) is 172 cm³/mol. The van der Waals surface area contributed by atoms with Crippen LogP contribution in [0.2, 0.25) is 18.1 Å². The van der Waals surface area contributed by atoms with Crippen molar-refractivity contribution in [2.24, 2.45) is 5.92 Å². The molecule has 8 heteroatoms. The van der Waals surface area contributed by atoms with E-state index < -0.39 is 20.2 Å². The van der Waals surface area contributed by atoms with E-state index in [0.717, 1.165) is 49.7 Å². The van der Waals surface area contributed by atoms with Crippen LogP contribution in [0, 0.1) is 5.92 Å². The van der Waals surface area contributed by atoms with Gasteiger partial charge in [0, 0.05) is 12.8 Å². The maximum atomic E-state index is 12.4. The summed E-state index contributed by atoms with van der Waals surface area (Å²) in [5.74, 6) is 0.345. The third-order valence-corrected chi connectivity index (χ3v) is 14.5. The number of rotatable bonds is 13. The van der Waals surface area contributed by atoms with Gasteiger partial charge in [0.25, 0.3) is 0 Å². The second-order valence-electron chi connectivity index (χ2n) is 15.3. The number of carbonyl (C=O) groups excluding carboxylic acids is 1. The molecule has 0 radical (unpaired) electrons. The molecule has 4 rings (SSSR count). The molecular formula is C35H56O7Si. The summed E-state index contributed by atoms with van der Waals surface area (Å²) in [6.45, 7) is 20.9. The Balaban J connectivity index is 1.35. The zero-order chi connectivity index (χ0) is 31.7. The summed E-state index contributed by atoms with van der Waals surface area (Å²) in [6, 6.07) is 7.98. The quantitative estimate of drug-likeness (QED) is 0.127. The number of carbonyl (C=O) groups is 1. The summed E-state index contributed by atoms with van der Waals surface area (Å²) >= 11 is 0. The molecule has 1 aromatic rings. The van der Waals surface area contributed by atoms with Gasteiger partial charge >= 0.3 is 0 Å². The van der Waals surface area contributed by atoms with E-state index in [1.165, 1.54) is 5.57 Å². The predicted octanol–water partition coefficient (Wildman–Crippen LogP) is 7.77. The fraction of sp³-hybridized carbons (Fsp3) is 0.743. The Kier molecular flexibility index (Phi) is 10.4. The van der Waals surface area contributed by atoms with E-state index in [1.807, 2.05) is 24.3 Å². The van der Waals surface area contributed by atoms with Gasteiger partial charge in [-0.1, -0.05) is 51.5 Å². The minimum absolute atomic E-state index is 0.00251. The highest BCUT2D eigenvalue weighted by atomic mass is 28.4. The first-order valence-corrected chi connectivity index (χ1v) is 19.0. The van der Waals surface area contributed by atoms with Gasteiger partial charge in [0.15, 0.2) is 14.1 Å². The van der Waals surface area contributed by atoms with Crippen molar-refractivity contribution in [1.29, 1.82) is 0 Å². The molecule has 3 aliphatic heterocycles. The normalized spacial score (nSPS) is 32.9. The van der Waals surface area contributed by atoms with Crippen molar-refractivity contribution in [2.75, 3.05) is 13.7 Å². The monoisotopic (exact) mass is 616 g/mol. The van der Waals surface area contributed by atoms with Crippen molar-refractivity contribution < 1.29 is 32.9 Å². The summed E-state index contributed by atoms with van der Waals surface area (Å²) < 4.78 is 38.1. The van der Waals surface area contributed by atoms with Gasteiger partial charge in [-0.25, -0.2) is 0 Å². The lowest BCUT2D eigenvalue weighted by atomic mass is 9.89. The van der Waals surface area contributed by atoms with Crippen LogP contribution in [0.4, 0.5) is 0 Å². The number of benzene rings is 1. The largest absolute Gasteiger partial charge is 0.497 e. The zero-order valence-electron chi connectivity index (χ0n) is 28.3. The topological polar surface area (TPSA) is 72.5 Å². The third kappa shape index (κ3) is 8.19. The number of hydrogen-bond donors (Lipinski definition) is 0. The summed E-state index contributed by atoms with van der Waals surface area (Å²) in [5, 5.41) is 0.00251. The maximum absolute atomic E-state index is 12.4. The summed E-state index contributed by atoms with van der Waals surface area (Å²) in [7, 11) is -0.491. The molecule has 3 aliphatic rings. The Hall–Kier alpha value is -1.55. The van der Waals surface area contributed by atoms with Gasteiger partial charge in [0.2, 0.25) is 0 Å². The van der Waals surface area contributed by atoms with Crippen LogP contribution in [0.5, 0.6) is 5.75 Å². The van der Waals surface area contributed by atoms with E-state index >= 15 is 0 Å². The van der Waals surface area contributed by atoms with E-state index in [2.05, 4.69) is 67.6 Å². The number of allylic oxidation sites excluding steroid dienone is 1. The van der Waals surface area contributed by atoms with Crippen LogP contribution in [0.25, 0.3) is 0 Å². The van der Waals surface area contributed by atoms with Crippen molar-refractivity contribution in [1.82, 2.24) is 0 Å². The molecule has 0 N–H and O–H groups in total. The molecule has 0 aromatic heterocycles. The number of hydrogen-bond acceptors (Lipinski definition) is 7. The molecule has 3 saturated heterocycles. The summed E-state index contributed by atoms with van der Waals surface area (Å²) in [5.41, 5.74) is 1.72. The first kappa shape index (κ1) is 34.3. The average Bonchev–Trinajstić information content (AvgIpc) is 3.43. The molecule has 43 heavy (non-hydrogen) atoms. The molecule has 0 aliphatic carbocycles. The third-order valence-electron chi connectivity index (χ3n) is 10.1. The molecule has 0 unspecified atom stereocenters. The fourth-order valence-corrected chi connectivity index (χ4v) is 8.03. The Morgan fingerprint density at radius 1 is 1.12 bits per heavy atom. The highest BCUT2D eigenvalue weighted by Crippen LogP contribution is 2.54. The van der Waals surface area contributed by atoms with Crippen LogP contribution in [-0.2, 0) is 34.8 Å². The smallest absolute Gasteiger partial charge is 0.195 e. The Morgan fingerprint density at radius 2 is 1.81 bits per heavy atom. The maximum Gasteiger partial charge on any atom is 0.195 e. The lowest BCUT2D eigenvalue weighted by Crippen LogP contribution is -2.58. The molecule has 3 heterocycles. The molecule has 7 nitrogen and oxygen atoms in total. The van der Waals surface area contributed by atoms with Crippen LogP contribution in [0.15, 0.2) is 35.9 Å². The molecule has 0 spiro atoms. The van der Waals surface area contributed by atoms with Gasteiger partial charge in [0.1, 0.15) is 24.2 Å². The van der Waals surface area contributed by atoms with Crippen LogP contribution in [0.1, 0.15) is 92.6 Å². The zero-order valence-corrected chi connectivity index (χ0v) is 29.3. The summed E-state index contributed by atoms with van der Waals surface area (Å²) in [4.78, 5) is 12.4. The molecule has 3 fully saturated rings. The van der Waals surface area contributed by atoms with Gasteiger partial charge in [-0.3, -0.25) is 0 Å². The fourth-order valence-electron chi connectivity index (χ4n) is 6.79. The van der Waals surface area contributed by atoms with E-state index in [9.17, 15) is 4.79 Å². The van der Waals surface area contributed by atoms with Crippen LogP contribution in [0.3, 0.4) is 0 Å². The second-order valence-corrected chi connectivity index (χ2v) is 20.1. The lowest BCUT2D eigenvalue weighted by Gasteiger charge is -2.48. The Bertz CT molecular complexity index is 1130.